The fourth-order valence-corrected chi connectivity index (χ4v) is 15.9. The molecule has 0 aliphatic heterocycles. The zero-order valence-corrected chi connectivity index (χ0v) is 73.5. The Kier molecular flexibility index (Phi) is 41.1. The van der Waals surface area contributed by atoms with Gasteiger partial charge in [-0.1, -0.05) is 191 Å². The lowest BCUT2D eigenvalue weighted by molar-refractivity contribution is 0.516. The maximum Gasteiger partial charge on any atom is 0.123 e. The average Bonchev–Trinajstić information content (AvgIpc) is 0.840. The second kappa shape index (κ2) is 52.6. The number of nitrogens with two attached hydrogens (primary N) is 3. The zero-order valence-electron chi connectivity index (χ0n) is 73.5. The van der Waals surface area contributed by atoms with Crippen LogP contribution in [0, 0.1) is 162 Å². The molecule has 7 nitrogen and oxygen atoms in total. The van der Waals surface area contributed by atoms with Crippen LogP contribution in [-0.2, 0) is 0 Å². The van der Waals surface area contributed by atoms with Crippen LogP contribution in [0.3, 0.4) is 0 Å². The Labute approximate surface area is 763 Å². The van der Waals surface area contributed by atoms with Crippen LogP contribution in [-0.4, -0.2) is 19.6 Å². The monoisotopic (exact) mass is 1800 g/mol. The van der Waals surface area contributed by atoms with Gasteiger partial charge in [0.05, 0.1) is 42.0 Å². The number of hydrogen-bond donors (Lipinski definition) is 3. The highest BCUT2D eigenvalue weighted by molar-refractivity contribution is 5.43. The molecule has 132 heavy (non-hydrogen) atoms. The summed E-state index contributed by atoms with van der Waals surface area (Å²) in [4.78, 5) is 0. The Morgan fingerprint density at radius 1 is 0.197 bits per heavy atom. The highest BCUT2D eigenvalue weighted by atomic mass is 19.2. The summed E-state index contributed by atoms with van der Waals surface area (Å²) in [6, 6.07) is 95.7. The molecule has 0 aliphatic rings. The van der Waals surface area contributed by atoms with Gasteiger partial charge in [-0.3, -0.25) is 0 Å². The van der Waals surface area contributed by atoms with Crippen molar-refractivity contribution in [1.82, 2.24) is 0 Å². The number of halogens is 14. The fraction of sp³-hybridized carbons (Fsp3) is 0.207. The maximum absolute atomic E-state index is 13.4. The largest absolute Gasteiger partial charge is 0.330 e. The van der Waals surface area contributed by atoms with Crippen LogP contribution in [0.2, 0.25) is 0 Å². The van der Waals surface area contributed by atoms with E-state index in [1.54, 1.807) is 154 Å². The average molecular weight is 1800 g/mol. The molecule has 2 unspecified atom stereocenters. The van der Waals surface area contributed by atoms with Gasteiger partial charge in [0, 0.05) is 47.8 Å². The molecule has 14 rings (SSSR count). The summed E-state index contributed by atoms with van der Waals surface area (Å²) in [7, 11) is 0. The van der Waals surface area contributed by atoms with Gasteiger partial charge in [-0.15, -0.1) is 0 Å². The van der Waals surface area contributed by atoms with Crippen LogP contribution >= 0.6 is 0 Å². The third kappa shape index (κ3) is 31.4. The molecule has 0 aliphatic carbocycles. The van der Waals surface area contributed by atoms with E-state index in [9.17, 15) is 61.5 Å². The first-order chi connectivity index (χ1) is 63.4. The fourth-order valence-electron chi connectivity index (χ4n) is 15.9. The third-order valence-corrected chi connectivity index (χ3v) is 22.2. The summed E-state index contributed by atoms with van der Waals surface area (Å²) < 4.78 is 187. The van der Waals surface area contributed by atoms with E-state index in [1.807, 2.05) is 57.2 Å². The topological polar surface area (TPSA) is 173 Å². The second-order valence-corrected chi connectivity index (χ2v) is 31.9. The van der Waals surface area contributed by atoms with E-state index < -0.39 is 0 Å². The second-order valence-electron chi connectivity index (χ2n) is 31.9. The van der Waals surface area contributed by atoms with Crippen molar-refractivity contribution in [2.24, 2.45) is 52.7 Å². The summed E-state index contributed by atoms with van der Waals surface area (Å²) >= 11 is 0. The molecule has 0 aromatic heterocycles. The predicted octanol–water partition coefficient (Wildman–Crippen LogP) is 27.9. The van der Waals surface area contributed by atoms with Crippen LogP contribution in [0.4, 0.5) is 61.5 Å². The van der Waals surface area contributed by atoms with E-state index in [2.05, 4.69) is 24.3 Å². The van der Waals surface area contributed by atoms with Crippen molar-refractivity contribution in [2.75, 3.05) is 19.6 Å². The van der Waals surface area contributed by atoms with Gasteiger partial charge in [0.25, 0.3) is 0 Å². The van der Waals surface area contributed by atoms with Gasteiger partial charge in [0.15, 0.2) is 0 Å². The molecule has 14 aromatic carbocycles. The molecule has 0 heterocycles. The van der Waals surface area contributed by atoms with E-state index in [0.717, 1.165) is 33.4 Å². The Morgan fingerprint density at radius 2 is 0.318 bits per heavy atom. The van der Waals surface area contributed by atoms with Crippen molar-refractivity contribution >= 4 is 0 Å². The highest BCUT2D eigenvalue weighted by Gasteiger charge is 2.29. The van der Waals surface area contributed by atoms with E-state index in [4.69, 9.17) is 38.2 Å². The standard InChI is InChI=1S/3C16H17F2N.3C16H13F2N.C15H11F2N/c6*1-11(10-19)16(12-4-2-6-14(17)8-12)13-5-3-7-15(18)9-13;16-13-5-1-3-11(9-13)15(7-8-18)12-4-2-6-14(17)10-12/h3*2-9,11,16H,10,19H2,1H3;3*2-9,11,16H,1H3;1-6,9-10,15H,7H2/t2*11-;;2*11-;;/m00.10../s1. The molecule has 0 spiro atoms. The molecule has 0 bridgehead atoms. The lowest BCUT2D eigenvalue weighted by Crippen LogP contribution is -2.20. The summed E-state index contributed by atoms with van der Waals surface area (Å²) in [5.74, 6) is -7.02. The van der Waals surface area contributed by atoms with Crippen LogP contribution in [0.25, 0.3) is 0 Å². The minimum Gasteiger partial charge on any atom is -0.330 e. The zero-order chi connectivity index (χ0) is 95.9. The Bertz CT molecular complexity index is 5360. The van der Waals surface area contributed by atoms with Gasteiger partial charge in [-0.2, -0.15) is 21.0 Å². The minimum atomic E-state index is -0.372. The minimum absolute atomic E-state index is 0.101. The number of hydrogen-bond acceptors (Lipinski definition) is 7. The summed E-state index contributed by atoms with van der Waals surface area (Å²) in [5, 5.41) is 36.2. The van der Waals surface area contributed by atoms with Crippen LogP contribution in [0.5, 0.6) is 0 Å². The van der Waals surface area contributed by atoms with Crippen molar-refractivity contribution in [1.29, 1.82) is 21.0 Å². The quantitative estimate of drug-likeness (QED) is 0.0505. The van der Waals surface area contributed by atoms with Crippen molar-refractivity contribution in [3.63, 3.8) is 0 Å². The van der Waals surface area contributed by atoms with Crippen molar-refractivity contribution in [3.05, 3.63) is 499 Å². The number of rotatable bonds is 24. The number of nitriles is 4. The number of nitrogens with zero attached hydrogens (tertiary/aromatic N) is 4. The summed E-state index contributed by atoms with van der Waals surface area (Å²) in [6.45, 7) is 12.6. The highest BCUT2D eigenvalue weighted by Crippen LogP contribution is 2.40. The molecule has 21 heteroatoms. The van der Waals surface area contributed by atoms with Crippen LogP contribution in [0.1, 0.15) is 167 Å². The van der Waals surface area contributed by atoms with E-state index in [-0.39, 0.29) is 165 Å². The first-order valence-corrected chi connectivity index (χ1v) is 42.6. The van der Waals surface area contributed by atoms with Crippen molar-refractivity contribution in [2.45, 2.75) is 89.4 Å². The van der Waals surface area contributed by atoms with Gasteiger partial charge >= 0.3 is 0 Å². The van der Waals surface area contributed by atoms with E-state index in [1.165, 1.54) is 170 Å². The van der Waals surface area contributed by atoms with Crippen molar-refractivity contribution in [3.8, 4) is 24.3 Å². The van der Waals surface area contributed by atoms with Crippen molar-refractivity contribution < 1.29 is 61.5 Å². The SMILES string of the molecule is CC(C#N)C(c1cccc(F)c1)c1cccc(F)c1.CC(CN)C(c1cccc(F)c1)c1cccc(F)c1.C[C@@H](C#N)C(c1cccc(F)c1)c1cccc(F)c1.C[C@@H](CN)C(c1cccc(F)c1)c1cccc(F)c1.C[C@@H](CN)C(c1cccc(F)c1)c1cccc(F)c1.C[C@H](C#N)C(c1cccc(F)c1)c1cccc(F)c1.N#CCC(c1cccc(F)c1)c1cccc(F)c1. The Balaban J connectivity index is 0.000000190. The molecule has 0 radical (unpaired) electrons. The molecule has 6 N–H and O–H groups in total. The lowest BCUT2D eigenvalue weighted by atomic mass is 9.81. The molecular formula is C111H101F14N7. The van der Waals surface area contributed by atoms with Gasteiger partial charge in [-0.25, -0.2) is 61.5 Å². The normalized spacial score (nSPS) is 12.1. The Hall–Kier alpha value is -14.1. The molecule has 0 saturated carbocycles. The first-order valence-electron chi connectivity index (χ1n) is 42.6. The van der Waals surface area contributed by atoms with E-state index in [0.29, 0.717) is 64.1 Å². The first kappa shape index (κ1) is 103. The molecule has 678 valence electrons. The summed E-state index contributed by atoms with van der Waals surface area (Å²) in [6.07, 6.45) is 0.187. The maximum atomic E-state index is 13.4. The molecule has 6 atom stereocenters. The lowest BCUT2D eigenvalue weighted by Gasteiger charge is -2.24. The number of benzene rings is 14. The Morgan fingerprint density at radius 3 is 0.432 bits per heavy atom. The molecule has 14 aromatic rings. The molecular weight excluding hydrogens is 1700 g/mol. The van der Waals surface area contributed by atoms with Gasteiger partial charge in [0.1, 0.15) is 81.4 Å². The van der Waals surface area contributed by atoms with Crippen LogP contribution < -0.4 is 17.2 Å². The van der Waals surface area contributed by atoms with Gasteiger partial charge < -0.3 is 17.2 Å². The molecule has 0 saturated heterocycles. The van der Waals surface area contributed by atoms with Crippen LogP contribution in [0.15, 0.2) is 340 Å². The summed E-state index contributed by atoms with van der Waals surface area (Å²) in [5.41, 5.74) is 27.6. The van der Waals surface area contributed by atoms with Gasteiger partial charge in [-0.05, 0) is 306 Å². The van der Waals surface area contributed by atoms with Gasteiger partial charge in [0.2, 0.25) is 0 Å². The predicted molar refractivity (Wildman–Crippen MR) is 492 cm³/mol. The molecule has 0 fully saturated rings. The molecule has 0 amide bonds. The smallest absolute Gasteiger partial charge is 0.123 e. The third-order valence-electron chi connectivity index (χ3n) is 22.2. The van der Waals surface area contributed by atoms with E-state index >= 15 is 0 Å².